The van der Waals surface area contributed by atoms with Gasteiger partial charge in [0.2, 0.25) is 0 Å². The van der Waals surface area contributed by atoms with Gasteiger partial charge in [-0.3, -0.25) is 9.88 Å². The lowest BCUT2D eigenvalue weighted by atomic mass is 10.1. The van der Waals surface area contributed by atoms with Crippen molar-refractivity contribution in [1.29, 1.82) is 0 Å². The van der Waals surface area contributed by atoms with Crippen LogP contribution in [0, 0.1) is 5.82 Å². The molecule has 1 N–H and O–H groups in total. The predicted molar refractivity (Wildman–Crippen MR) is 86.3 cm³/mol. The van der Waals surface area contributed by atoms with Gasteiger partial charge in [-0.15, -0.1) is 12.4 Å². The van der Waals surface area contributed by atoms with E-state index in [1.165, 1.54) is 0 Å². The van der Waals surface area contributed by atoms with Crippen molar-refractivity contribution in [2.45, 2.75) is 32.5 Å². The van der Waals surface area contributed by atoms with E-state index >= 15 is 0 Å². The maximum Gasteiger partial charge on any atom is 0.124 e. The molecular formula is C16H21ClFN3. The molecule has 21 heavy (non-hydrogen) atoms. The predicted octanol–water partition coefficient (Wildman–Crippen LogP) is 2.98. The van der Waals surface area contributed by atoms with E-state index in [0.717, 1.165) is 36.1 Å². The number of piperazine rings is 1. The molecule has 1 aromatic heterocycles. The van der Waals surface area contributed by atoms with Crippen molar-refractivity contribution in [3.63, 3.8) is 0 Å². The summed E-state index contributed by atoms with van der Waals surface area (Å²) in [7, 11) is 0. The molecule has 114 valence electrons. The highest BCUT2D eigenvalue weighted by molar-refractivity contribution is 5.85. The number of nitrogens with one attached hydrogen (secondary N) is 1. The van der Waals surface area contributed by atoms with Crippen LogP contribution in [0.3, 0.4) is 0 Å². The molecule has 0 aliphatic carbocycles. The Kier molecular flexibility index (Phi) is 5.14. The van der Waals surface area contributed by atoms with Gasteiger partial charge in [0.1, 0.15) is 5.82 Å². The first-order valence-corrected chi connectivity index (χ1v) is 7.14. The molecule has 1 fully saturated rings. The number of pyridine rings is 1. The van der Waals surface area contributed by atoms with Crippen LogP contribution in [0.1, 0.15) is 19.4 Å². The summed E-state index contributed by atoms with van der Waals surface area (Å²) in [6.45, 7) is 7.08. The maximum atomic E-state index is 13.8. The average Bonchev–Trinajstić information content (AvgIpc) is 2.43. The molecule has 2 unspecified atom stereocenters. The second-order valence-corrected chi connectivity index (χ2v) is 5.73. The van der Waals surface area contributed by atoms with Gasteiger partial charge in [-0.2, -0.15) is 0 Å². The molecule has 3 rings (SSSR count). The summed E-state index contributed by atoms with van der Waals surface area (Å²) < 4.78 is 13.8. The van der Waals surface area contributed by atoms with Crippen LogP contribution in [0.2, 0.25) is 0 Å². The summed E-state index contributed by atoms with van der Waals surface area (Å²) in [5.41, 5.74) is 1.88. The number of halogens is 2. The van der Waals surface area contributed by atoms with Gasteiger partial charge in [0.25, 0.3) is 0 Å². The SMILES string of the molecule is CC1CN(Cc2cc(F)cc3cccnc23)C(C)CN1.Cl. The largest absolute Gasteiger partial charge is 0.311 e. The number of fused-ring (bicyclic) bond motifs is 1. The van der Waals surface area contributed by atoms with Crippen molar-refractivity contribution in [2.75, 3.05) is 13.1 Å². The van der Waals surface area contributed by atoms with E-state index in [9.17, 15) is 4.39 Å². The van der Waals surface area contributed by atoms with Crippen molar-refractivity contribution in [3.8, 4) is 0 Å². The molecule has 0 bridgehead atoms. The summed E-state index contributed by atoms with van der Waals surface area (Å²) in [5.74, 6) is -0.184. The summed E-state index contributed by atoms with van der Waals surface area (Å²) in [4.78, 5) is 6.82. The van der Waals surface area contributed by atoms with E-state index in [-0.39, 0.29) is 18.2 Å². The molecule has 2 aromatic rings. The summed E-state index contributed by atoms with van der Waals surface area (Å²) >= 11 is 0. The van der Waals surface area contributed by atoms with E-state index in [4.69, 9.17) is 0 Å². The van der Waals surface area contributed by atoms with Crippen LogP contribution in [0.15, 0.2) is 30.5 Å². The second kappa shape index (κ2) is 6.69. The number of hydrogen-bond acceptors (Lipinski definition) is 3. The van der Waals surface area contributed by atoms with Gasteiger partial charge < -0.3 is 5.32 Å². The second-order valence-electron chi connectivity index (χ2n) is 5.73. The molecule has 2 atom stereocenters. The van der Waals surface area contributed by atoms with Gasteiger partial charge in [0.05, 0.1) is 5.52 Å². The van der Waals surface area contributed by atoms with E-state index in [1.807, 2.05) is 12.1 Å². The van der Waals surface area contributed by atoms with Gasteiger partial charge in [0, 0.05) is 43.3 Å². The van der Waals surface area contributed by atoms with Crippen molar-refractivity contribution >= 4 is 23.3 Å². The normalized spacial score (nSPS) is 23.0. The molecule has 1 saturated heterocycles. The van der Waals surface area contributed by atoms with E-state index in [0.29, 0.717) is 12.1 Å². The number of benzene rings is 1. The van der Waals surface area contributed by atoms with Crippen LogP contribution in [0.5, 0.6) is 0 Å². The third-order valence-electron chi connectivity index (χ3n) is 4.02. The average molecular weight is 310 g/mol. The molecule has 1 aliphatic rings. The fourth-order valence-corrected chi connectivity index (χ4v) is 2.88. The first-order valence-electron chi connectivity index (χ1n) is 7.14. The Hall–Kier alpha value is -1.23. The first-order chi connectivity index (χ1) is 9.63. The Morgan fingerprint density at radius 2 is 2.19 bits per heavy atom. The quantitative estimate of drug-likeness (QED) is 0.924. The molecule has 5 heteroatoms. The molecule has 3 nitrogen and oxygen atoms in total. The van der Waals surface area contributed by atoms with Gasteiger partial charge in [-0.25, -0.2) is 4.39 Å². The highest BCUT2D eigenvalue weighted by Crippen LogP contribution is 2.21. The minimum absolute atomic E-state index is 0. The molecule has 1 aromatic carbocycles. The smallest absolute Gasteiger partial charge is 0.124 e. The van der Waals surface area contributed by atoms with E-state index < -0.39 is 0 Å². The zero-order valence-corrected chi connectivity index (χ0v) is 13.2. The fourth-order valence-electron chi connectivity index (χ4n) is 2.88. The number of rotatable bonds is 2. The van der Waals surface area contributed by atoms with Crippen LogP contribution in [0.4, 0.5) is 4.39 Å². The van der Waals surface area contributed by atoms with Crippen LogP contribution in [-0.2, 0) is 6.54 Å². The third-order valence-corrected chi connectivity index (χ3v) is 4.02. The lowest BCUT2D eigenvalue weighted by molar-refractivity contribution is 0.139. The lowest BCUT2D eigenvalue weighted by Crippen LogP contribution is -2.53. The van der Waals surface area contributed by atoms with Crippen molar-refractivity contribution in [3.05, 3.63) is 41.8 Å². The monoisotopic (exact) mass is 309 g/mol. The molecule has 0 saturated carbocycles. The molecule has 0 radical (unpaired) electrons. The summed E-state index contributed by atoms with van der Waals surface area (Å²) in [6, 6.07) is 7.86. The van der Waals surface area contributed by atoms with Gasteiger partial charge in [-0.1, -0.05) is 6.07 Å². The van der Waals surface area contributed by atoms with E-state index in [2.05, 4.69) is 29.0 Å². The number of hydrogen-bond donors (Lipinski definition) is 1. The molecule has 0 spiro atoms. The minimum atomic E-state index is -0.184. The topological polar surface area (TPSA) is 28.2 Å². The summed E-state index contributed by atoms with van der Waals surface area (Å²) in [5, 5.41) is 4.34. The molecule has 1 aliphatic heterocycles. The van der Waals surface area contributed by atoms with Crippen LogP contribution < -0.4 is 5.32 Å². The maximum absolute atomic E-state index is 13.8. The Morgan fingerprint density at radius 1 is 1.38 bits per heavy atom. The molecule has 0 amide bonds. The zero-order valence-electron chi connectivity index (χ0n) is 12.3. The van der Waals surface area contributed by atoms with E-state index in [1.54, 1.807) is 18.3 Å². The molecule has 2 heterocycles. The lowest BCUT2D eigenvalue weighted by Gasteiger charge is -2.37. The Labute approximate surface area is 131 Å². The first kappa shape index (κ1) is 16.1. The Bertz CT molecular complexity index is 619. The van der Waals surface area contributed by atoms with Gasteiger partial charge >= 0.3 is 0 Å². The van der Waals surface area contributed by atoms with Crippen LogP contribution in [-0.4, -0.2) is 35.1 Å². The Balaban J connectivity index is 0.00000161. The third kappa shape index (κ3) is 3.51. The highest BCUT2D eigenvalue weighted by atomic mass is 35.5. The standard InChI is InChI=1S/C16H20FN3.ClH/c1-11-9-20(12(2)8-19-11)10-14-7-15(17)6-13-4-3-5-18-16(13)14;/h3-7,11-12,19H,8-10H2,1-2H3;1H. The Morgan fingerprint density at radius 3 is 3.00 bits per heavy atom. The van der Waals surface area contributed by atoms with Crippen molar-refractivity contribution in [1.82, 2.24) is 15.2 Å². The summed E-state index contributed by atoms with van der Waals surface area (Å²) in [6.07, 6.45) is 1.77. The van der Waals surface area contributed by atoms with Gasteiger partial charge in [0.15, 0.2) is 0 Å². The number of nitrogens with zero attached hydrogens (tertiary/aromatic N) is 2. The fraction of sp³-hybridized carbons (Fsp3) is 0.438. The van der Waals surface area contributed by atoms with Crippen molar-refractivity contribution < 1.29 is 4.39 Å². The minimum Gasteiger partial charge on any atom is -0.311 e. The van der Waals surface area contributed by atoms with Gasteiger partial charge in [-0.05, 0) is 37.6 Å². The molecular weight excluding hydrogens is 289 g/mol. The van der Waals surface area contributed by atoms with Crippen LogP contribution >= 0.6 is 12.4 Å². The van der Waals surface area contributed by atoms with Crippen LogP contribution in [0.25, 0.3) is 10.9 Å². The number of aromatic nitrogens is 1. The zero-order chi connectivity index (χ0) is 14.1. The van der Waals surface area contributed by atoms with Crippen molar-refractivity contribution in [2.24, 2.45) is 0 Å². The highest BCUT2D eigenvalue weighted by Gasteiger charge is 2.23.